The van der Waals surface area contributed by atoms with Crippen LogP contribution >= 0.6 is 0 Å². The fourth-order valence-corrected chi connectivity index (χ4v) is 6.12. The Kier molecular flexibility index (Phi) is 8.01. The Morgan fingerprint density at radius 1 is 0.915 bits per heavy atom. The van der Waals surface area contributed by atoms with Crippen molar-refractivity contribution in [1.29, 1.82) is 0 Å². The number of nitrogens with zero attached hydrogens (tertiary/aromatic N) is 4. The molecule has 1 fully saturated rings. The number of imide groups is 1. The summed E-state index contributed by atoms with van der Waals surface area (Å²) in [4.78, 5) is 51.8. The van der Waals surface area contributed by atoms with Crippen LogP contribution in [0.4, 0.5) is 0 Å². The minimum atomic E-state index is -0.716. The van der Waals surface area contributed by atoms with E-state index in [2.05, 4.69) is 15.8 Å². The minimum Gasteiger partial charge on any atom is -0.483 e. The predicted octanol–water partition coefficient (Wildman–Crippen LogP) is 4.04. The molecule has 11 heteroatoms. The molecule has 0 saturated carbocycles. The molecule has 47 heavy (non-hydrogen) atoms. The summed E-state index contributed by atoms with van der Waals surface area (Å²) in [7, 11) is 0. The van der Waals surface area contributed by atoms with Gasteiger partial charge in [0, 0.05) is 29.5 Å². The molecule has 5 aromatic rings. The average Bonchev–Trinajstić information content (AvgIpc) is 3.61. The molecule has 4 aromatic carbocycles. The largest absolute Gasteiger partial charge is 0.483 e. The second kappa shape index (κ2) is 12.7. The van der Waals surface area contributed by atoms with Gasteiger partial charge in [-0.1, -0.05) is 78.9 Å². The van der Waals surface area contributed by atoms with Crippen molar-refractivity contribution in [3.8, 4) is 16.9 Å². The Morgan fingerprint density at radius 2 is 1.66 bits per heavy atom. The number of hydrogen-bond acceptors (Lipinski definition) is 7. The summed E-state index contributed by atoms with van der Waals surface area (Å²) in [5, 5.41) is 12.1. The summed E-state index contributed by atoms with van der Waals surface area (Å²) < 4.78 is 7.86. The van der Waals surface area contributed by atoms with Crippen LogP contribution in [-0.4, -0.2) is 57.2 Å². The van der Waals surface area contributed by atoms with Gasteiger partial charge in [-0.2, -0.15) is 10.2 Å². The van der Waals surface area contributed by atoms with Crippen molar-refractivity contribution in [3.63, 3.8) is 0 Å². The number of nitrogens with one attached hydrogen (secondary N) is 2. The van der Waals surface area contributed by atoms with Gasteiger partial charge in [0.2, 0.25) is 11.8 Å². The molecule has 2 N–H and O–H groups in total. The predicted molar refractivity (Wildman–Crippen MR) is 174 cm³/mol. The maximum Gasteiger partial charge on any atom is 0.277 e. The summed E-state index contributed by atoms with van der Waals surface area (Å²) in [6, 6.07) is 29.8. The number of rotatable bonds is 9. The van der Waals surface area contributed by atoms with Crippen LogP contribution < -0.4 is 15.5 Å². The van der Waals surface area contributed by atoms with Crippen LogP contribution in [0.1, 0.15) is 40.0 Å². The van der Waals surface area contributed by atoms with Crippen molar-refractivity contribution >= 4 is 40.7 Å². The molecule has 1 unspecified atom stereocenters. The first-order chi connectivity index (χ1) is 23.0. The van der Waals surface area contributed by atoms with E-state index in [0.29, 0.717) is 29.1 Å². The number of carbonyl (C=O) groups is 4. The number of carbonyl (C=O) groups excluding carboxylic acids is 4. The second-order valence-corrected chi connectivity index (χ2v) is 11.4. The van der Waals surface area contributed by atoms with Crippen molar-refractivity contribution in [2.24, 2.45) is 5.10 Å². The van der Waals surface area contributed by atoms with Crippen molar-refractivity contribution in [2.75, 3.05) is 6.61 Å². The number of amides is 4. The van der Waals surface area contributed by atoms with Crippen LogP contribution in [0.2, 0.25) is 0 Å². The van der Waals surface area contributed by atoms with Crippen LogP contribution in [0.25, 0.3) is 22.0 Å². The van der Waals surface area contributed by atoms with Crippen LogP contribution in [-0.2, 0) is 27.5 Å². The monoisotopic (exact) mass is 626 g/mol. The molecule has 11 nitrogen and oxygen atoms in total. The van der Waals surface area contributed by atoms with E-state index in [1.165, 1.54) is 11.1 Å². The number of piperidine rings is 1. The molecule has 3 heterocycles. The molecule has 4 amide bonds. The summed E-state index contributed by atoms with van der Waals surface area (Å²) in [6.07, 6.45) is 1.98. The van der Waals surface area contributed by atoms with Crippen molar-refractivity contribution in [1.82, 2.24) is 25.4 Å². The lowest BCUT2D eigenvalue weighted by atomic mass is 9.96. The molecule has 1 saturated heterocycles. The van der Waals surface area contributed by atoms with E-state index in [-0.39, 0.29) is 37.8 Å². The molecular formula is C36H30N6O5. The molecule has 0 bridgehead atoms. The number of para-hydroxylation sites is 2. The molecular weight excluding hydrogens is 596 g/mol. The van der Waals surface area contributed by atoms with Crippen LogP contribution in [0, 0.1) is 0 Å². The minimum absolute atomic E-state index is 0.181. The highest BCUT2D eigenvalue weighted by molar-refractivity contribution is 6.06. The number of aromatic nitrogens is 2. The fraction of sp³-hybridized carbons (Fsp3) is 0.167. The summed E-state index contributed by atoms with van der Waals surface area (Å²) >= 11 is 0. The molecule has 234 valence electrons. The highest BCUT2D eigenvalue weighted by Gasteiger charge is 2.40. The SMILES string of the molecule is O=C(COc1ccccc1-c1cccc2c1CN(C1CCC(=O)NC1=O)C2=O)N/N=C/c1nn(Cc2ccccc2)c2ccccc12. The topological polar surface area (TPSA) is 135 Å². The Morgan fingerprint density at radius 3 is 2.51 bits per heavy atom. The van der Waals surface area contributed by atoms with Gasteiger partial charge in [-0.25, -0.2) is 5.43 Å². The van der Waals surface area contributed by atoms with Crippen LogP contribution in [0.15, 0.2) is 102 Å². The van der Waals surface area contributed by atoms with Gasteiger partial charge in [-0.3, -0.25) is 29.2 Å². The number of benzene rings is 4. The Bertz CT molecular complexity index is 2050. The van der Waals surface area contributed by atoms with E-state index in [0.717, 1.165) is 27.6 Å². The standard InChI is InChI=1S/C36H30N6O5/c43-33-18-17-31(35(45)38-33)41-21-28-24(13-8-14-26(28)36(41)46)25-11-5-7-16-32(25)47-22-34(44)39-37-19-29-27-12-4-6-15-30(27)42(40-29)20-23-9-2-1-3-10-23/h1-16,19,31H,17-18,20-22H2,(H,39,44)(H,38,43,45)/b37-19+. The maximum atomic E-state index is 13.3. The number of hydrogen-bond donors (Lipinski definition) is 2. The highest BCUT2D eigenvalue weighted by Crippen LogP contribution is 2.38. The van der Waals surface area contributed by atoms with E-state index < -0.39 is 17.9 Å². The maximum absolute atomic E-state index is 13.3. The van der Waals surface area contributed by atoms with Crippen LogP contribution in [0.3, 0.4) is 0 Å². The second-order valence-electron chi connectivity index (χ2n) is 11.4. The van der Waals surface area contributed by atoms with E-state index in [4.69, 9.17) is 9.84 Å². The third kappa shape index (κ3) is 5.98. The number of fused-ring (bicyclic) bond motifs is 2. The first-order valence-electron chi connectivity index (χ1n) is 15.3. The Labute approximate surface area is 269 Å². The summed E-state index contributed by atoms with van der Waals surface area (Å²) in [5.74, 6) is -1.06. The van der Waals surface area contributed by atoms with Crippen LogP contribution in [0.5, 0.6) is 5.75 Å². The molecule has 7 rings (SSSR count). The van der Waals surface area contributed by atoms with Gasteiger partial charge in [0.25, 0.3) is 11.8 Å². The molecule has 1 atom stereocenters. The van der Waals surface area contributed by atoms with Gasteiger partial charge in [0.05, 0.1) is 18.3 Å². The average molecular weight is 627 g/mol. The third-order valence-corrected chi connectivity index (χ3v) is 8.36. The van der Waals surface area contributed by atoms with Gasteiger partial charge in [-0.15, -0.1) is 0 Å². The molecule has 0 radical (unpaired) electrons. The fourth-order valence-electron chi connectivity index (χ4n) is 6.12. The lowest BCUT2D eigenvalue weighted by Gasteiger charge is -2.29. The zero-order valence-corrected chi connectivity index (χ0v) is 25.3. The lowest BCUT2D eigenvalue weighted by Crippen LogP contribution is -2.52. The molecule has 2 aliphatic rings. The van der Waals surface area contributed by atoms with Crippen molar-refractivity contribution in [3.05, 3.63) is 119 Å². The van der Waals surface area contributed by atoms with Gasteiger partial charge < -0.3 is 9.64 Å². The zero-order valence-electron chi connectivity index (χ0n) is 25.3. The van der Waals surface area contributed by atoms with E-state index in [9.17, 15) is 19.2 Å². The van der Waals surface area contributed by atoms with Crippen molar-refractivity contribution < 1.29 is 23.9 Å². The van der Waals surface area contributed by atoms with Crippen molar-refractivity contribution in [2.45, 2.75) is 32.0 Å². The van der Waals surface area contributed by atoms with E-state index >= 15 is 0 Å². The number of ether oxygens (including phenoxy) is 1. The normalized spacial score (nSPS) is 16.0. The zero-order chi connectivity index (χ0) is 32.3. The first-order valence-corrected chi connectivity index (χ1v) is 15.3. The summed E-state index contributed by atoms with van der Waals surface area (Å²) in [6.45, 7) is 0.520. The van der Waals surface area contributed by atoms with Gasteiger partial charge >= 0.3 is 0 Å². The van der Waals surface area contributed by atoms with Gasteiger partial charge in [0.1, 0.15) is 17.5 Å². The molecule has 0 aliphatic carbocycles. The first kappa shape index (κ1) is 29.6. The quantitative estimate of drug-likeness (QED) is 0.144. The van der Waals surface area contributed by atoms with Gasteiger partial charge in [-0.05, 0) is 41.3 Å². The lowest BCUT2D eigenvalue weighted by molar-refractivity contribution is -0.137. The van der Waals surface area contributed by atoms with E-state index in [1.807, 2.05) is 77.5 Å². The van der Waals surface area contributed by atoms with Gasteiger partial charge in [0.15, 0.2) is 6.61 Å². The summed E-state index contributed by atoms with van der Waals surface area (Å²) in [5.41, 5.74) is 7.94. The molecule has 0 spiro atoms. The Balaban J connectivity index is 1.04. The molecule has 1 aromatic heterocycles. The smallest absolute Gasteiger partial charge is 0.277 e. The number of hydrazone groups is 1. The Hall–Kier alpha value is -6.10. The molecule has 2 aliphatic heterocycles. The van der Waals surface area contributed by atoms with E-state index in [1.54, 1.807) is 24.3 Å². The highest BCUT2D eigenvalue weighted by atomic mass is 16.5. The third-order valence-electron chi connectivity index (χ3n) is 8.36.